The summed E-state index contributed by atoms with van der Waals surface area (Å²) >= 11 is 0. The Kier molecular flexibility index (Phi) is 5.28. The molecule has 26 heavy (non-hydrogen) atoms. The quantitative estimate of drug-likeness (QED) is 0.579. The van der Waals surface area contributed by atoms with E-state index in [1.165, 1.54) is 11.1 Å². The molecule has 0 aliphatic carbocycles. The first-order valence-electron chi connectivity index (χ1n) is 9.15. The molecule has 3 rings (SSSR count). The van der Waals surface area contributed by atoms with Gasteiger partial charge in [0.05, 0.1) is 6.04 Å². The normalized spacial score (nSPS) is 22.8. The third-order valence-corrected chi connectivity index (χ3v) is 4.52. The van der Waals surface area contributed by atoms with E-state index in [4.69, 9.17) is 4.74 Å². The maximum absolute atomic E-state index is 12.8. The van der Waals surface area contributed by atoms with Gasteiger partial charge in [0.2, 0.25) is 0 Å². The van der Waals surface area contributed by atoms with Crippen LogP contribution in [0.3, 0.4) is 0 Å². The van der Waals surface area contributed by atoms with Gasteiger partial charge in [-0.2, -0.15) is 0 Å². The molecular weight excluding hydrogens is 322 g/mol. The van der Waals surface area contributed by atoms with Gasteiger partial charge in [-0.15, -0.1) is 0 Å². The first-order valence-corrected chi connectivity index (χ1v) is 9.15. The van der Waals surface area contributed by atoms with Gasteiger partial charge in [-0.25, -0.2) is 0 Å². The average Bonchev–Trinajstić information content (AvgIpc) is 3.29. The lowest BCUT2D eigenvalue weighted by Crippen LogP contribution is -2.28. The van der Waals surface area contributed by atoms with Gasteiger partial charge < -0.3 is 4.74 Å². The minimum Gasteiger partial charge on any atom is -0.459 e. The highest BCUT2D eigenvalue weighted by molar-refractivity contribution is 5.88. The van der Waals surface area contributed by atoms with E-state index in [9.17, 15) is 4.79 Å². The fourth-order valence-electron chi connectivity index (χ4n) is 3.38. The molecule has 1 fully saturated rings. The maximum Gasteiger partial charge on any atom is 0.325 e. The molecule has 1 unspecified atom stereocenters. The monoisotopic (exact) mass is 349 g/mol. The van der Waals surface area contributed by atoms with Crippen LogP contribution < -0.4 is 0 Å². The van der Waals surface area contributed by atoms with E-state index in [1.54, 1.807) is 0 Å². The van der Waals surface area contributed by atoms with Crippen LogP contribution in [0.2, 0.25) is 0 Å². The van der Waals surface area contributed by atoms with Crippen LogP contribution in [-0.4, -0.2) is 28.6 Å². The number of nitrogens with zero attached hydrogens (tertiary/aromatic N) is 1. The number of hydrogen-bond donors (Lipinski definition) is 0. The number of hydrogen-bond acceptors (Lipinski definition) is 3. The molecule has 0 saturated carbocycles. The second-order valence-electron chi connectivity index (χ2n) is 7.69. The van der Waals surface area contributed by atoms with Gasteiger partial charge in [0, 0.05) is 6.54 Å². The Hall–Kier alpha value is -2.39. The van der Waals surface area contributed by atoms with Crippen LogP contribution in [0.4, 0.5) is 0 Å². The lowest BCUT2D eigenvalue weighted by atomic mass is 10.0. The van der Waals surface area contributed by atoms with Crippen molar-refractivity contribution in [2.24, 2.45) is 0 Å². The fourth-order valence-corrected chi connectivity index (χ4v) is 3.38. The molecule has 3 atom stereocenters. The van der Waals surface area contributed by atoms with Crippen LogP contribution >= 0.6 is 0 Å². The van der Waals surface area contributed by atoms with E-state index < -0.39 is 5.60 Å². The first kappa shape index (κ1) is 18.4. The Morgan fingerprint density at radius 2 is 1.58 bits per heavy atom. The van der Waals surface area contributed by atoms with Crippen molar-refractivity contribution in [1.82, 2.24) is 4.90 Å². The van der Waals surface area contributed by atoms with Gasteiger partial charge in [0.15, 0.2) is 0 Å². The van der Waals surface area contributed by atoms with Gasteiger partial charge >= 0.3 is 5.97 Å². The van der Waals surface area contributed by atoms with Crippen molar-refractivity contribution in [3.63, 3.8) is 0 Å². The average molecular weight is 349 g/mol. The second-order valence-corrected chi connectivity index (χ2v) is 7.69. The number of ether oxygens (including phenoxy) is 1. The number of carbonyl (C=O) groups is 1. The Bertz CT molecular complexity index is 775. The first-order chi connectivity index (χ1) is 12.4. The highest BCUT2D eigenvalue weighted by atomic mass is 16.6. The third kappa shape index (κ3) is 4.23. The van der Waals surface area contributed by atoms with E-state index in [2.05, 4.69) is 35.2 Å². The molecule has 3 nitrogen and oxygen atoms in total. The molecule has 1 aliphatic heterocycles. The van der Waals surface area contributed by atoms with Crippen molar-refractivity contribution in [2.75, 3.05) is 0 Å². The summed E-state index contributed by atoms with van der Waals surface area (Å²) in [5, 5.41) is 0. The van der Waals surface area contributed by atoms with Crippen LogP contribution in [0.25, 0.3) is 5.57 Å². The topological polar surface area (TPSA) is 29.3 Å². The summed E-state index contributed by atoms with van der Waals surface area (Å²) in [6, 6.07) is 20.4. The Morgan fingerprint density at radius 3 is 2.12 bits per heavy atom. The molecule has 1 heterocycles. The highest BCUT2D eigenvalue weighted by Gasteiger charge is 2.55. The van der Waals surface area contributed by atoms with Crippen molar-refractivity contribution in [3.8, 4) is 0 Å². The van der Waals surface area contributed by atoms with E-state index in [0.717, 1.165) is 12.1 Å². The molecule has 0 spiro atoms. The molecule has 0 amide bonds. The highest BCUT2D eigenvalue weighted by Crippen LogP contribution is 2.41. The Balaban J connectivity index is 1.85. The molecule has 0 N–H and O–H groups in total. The number of carbonyl (C=O) groups excluding carboxylic acids is 1. The summed E-state index contributed by atoms with van der Waals surface area (Å²) in [4.78, 5) is 15.0. The van der Waals surface area contributed by atoms with E-state index in [-0.39, 0.29) is 18.1 Å². The van der Waals surface area contributed by atoms with Crippen LogP contribution in [0.5, 0.6) is 0 Å². The van der Waals surface area contributed by atoms with Gasteiger partial charge in [-0.1, -0.05) is 66.7 Å². The van der Waals surface area contributed by atoms with Gasteiger partial charge in [0.1, 0.15) is 11.6 Å². The lowest BCUT2D eigenvalue weighted by molar-refractivity contribution is -0.155. The molecule has 2 aromatic rings. The van der Waals surface area contributed by atoms with Crippen LogP contribution in [0.15, 0.2) is 66.7 Å². The van der Waals surface area contributed by atoms with Crippen molar-refractivity contribution in [3.05, 3.63) is 77.9 Å². The standard InChI is InChI=1S/C23H27NO2/c1-5-19(18-14-10-7-11-15-18)20-21(22(25)26-23(2,3)4)24(20)16-17-12-8-6-9-13-17/h5-15,20-21H,16H2,1-4H3/b19-5+/t20-,21+,24?/m0/s1. The van der Waals surface area contributed by atoms with E-state index >= 15 is 0 Å². The van der Waals surface area contributed by atoms with Crippen LogP contribution in [0, 0.1) is 0 Å². The minimum absolute atomic E-state index is 0.0532. The fraction of sp³-hybridized carbons (Fsp3) is 0.348. The summed E-state index contributed by atoms with van der Waals surface area (Å²) in [7, 11) is 0. The van der Waals surface area contributed by atoms with Crippen LogP contribution in [0.1, 0.15) is 38.8 Å². The molecule has 2 aromatic carbocycles. The van der Waals surface area contributed by atoms with Crippen molar-refractivity contribution >= 4 is 11.5 Å². The predicted octanol–water partition coefficient (Wildman–Crippen LogP) is 4.68. The third-order valence-electron chi connectivity index (χ3n) is 4.52. The predicted molar refractivity (Wildman–Crippen MR) is 105 cm³/mol. The zero-order valence-electron chi connectivity index (χ0n) is 16.0. The van der Waals surface area contributed by atoms with Crippen molar-refractivity contribution in [1.29, 1.82) is 0 Å². The Morgan fingerprint density at radius 1 is 1.00 bits per heavy atom. The van der Waals surface area contributed by atoms with Gasteiger partial charge in [-0.05, 0) is 44.4 Å². The van der Waals surface area contributed by atoms with Crippen molar-refractivity contribution < 1.29 is 9.53 Å². The molecule has 1 saturated heterocycles. The largest absolute Gasteiger partial charge is 0.459 e. The summed E-state index contributed by atoms with van der Waals surface area (Å²) in [6.07, 6.45) is 2.11. The smallest absolute Gasteiger partial charge is 0.325 e. The summed E-state index contributed by atoms with van der Waals surface area (Å²) in [5.74, 6) is -0.145. The maximum atomic E-state index is 12.8. The SMILES string of the molecule is C/C=C(\c1ccccc1)[C@H]1[C@H](C(=O)OC(C)(C)C)N1Cc1ccccc1. The minimum atomic E-state index is -0.481. The summed E-state index contributed by atoms with van der Waals surface area (Å²) in [6.45, 7) is 8.51. The Labute approximate surface area is 156 Å². The van der Waals surface area contributed by atoms with Gasteiger partial charge in [-0.3, -0.25) is 9.69 Å². The molecular formula is C23H27NO2. The molecule has 0 radical (unpaired) electrons. The molecule has 0 aromatic heterocycles. The summed E-state index contributed by atoms with van der Waals surface area (Å²) < 4.78 is 5.68. The van der Waals surface area contributed by atoms with Crippen LogP contribution in [-0.2, 0) is 16.1 Å². The van der Waals surface area contributed by atoms with E-state index in [1.807, 2.05) is 64.1 Å². The zero-order chi connectivity index (χ0) is 18.7. The molecule has 136 valence electrons. The second kappa shape index (κ2) is 7.46. The van der Waals surface area contributed by atoms with Crippen molar-refractivity contribution in [2.45, 2.75) is 51.9 Å². The molecule has 3 heteroatoms. The van der Waals surface area contributed by atoms with E-state index in [0.29, 0.717) is 0 Å². The zero-order valence-corrected chi connectivity index (χ0v) is 16.0. The number of allylic oxidation sites excluding steroid dienone is 1. The molecule has 1 aliphatic rings. The number of esters is 1. The molecule has 0 bridgehead atoms. The van der Waals surface area contributed by atoms with Gasteiger partial charge in [0.25, 0.3) is 0 Å². The number of benzene rings is 2. The summed E-state index contributed by atoms with van der Waals surface area (Å²) in [5.41, 5.74) is 3.06. The number of rotatable bonds is 5. The lowest BCUT2D eigenvalue weighted by Gasteiger charge is -2.19.